The van der Waals surface area contributed by atoms with Crippen LogP contribution < -0.4 is 15.8 Å². The first-order valence-corrected chi connectivity index (χ1v) is 9.91. The van der Waals surface area contributed by atoms with Crippen molar-refractivity contribution in [1.82, 2.24) is 4.98 Å². The molecule has 0 aliphatic heterocycles. The largest absolute Gasteiger partial charge is 0.491 e. The van der Waals surface area contributed by atoms with Crippen molar-refractivity contribution in [3.05, 3.63) is 35.0 Å². The van der Waals surface area contributed by atoms with Gasteiger partial charge in [-0.25, -0.2) is 31.8 Å². The van der Waals surface area contributed by atoms with Crippen LogP contribution >= 0.6 is 11.3 Å². The number of rotatable bonds is 6. The summed E-state index contributed by atoms with van der Waals surface area (Å²) in [6, 6.07) is 0.646. The number of benzene rings is 1. The molecule has 1 aromatic carbocycles. The predicted octanol–water partition coefficient (Wildman–Crippen LogP) is 1.36. The van der Waals surface area contributed by atoms with Crippen LogP contribution in [0.1, 0.15) is 10.5 Å². The van der Waals surface area contributed by atoms with Crippen molar-refractivity contribution in [2.75, 3.05) is 16.6 Å². The van der Waals surface area contributed by atoms with Crippen LogP contribution in [0, 0.1) is 11.6 Å². The van der Waals surface area contributed by atoms with E-state index in [0.29, 0.717) is 23.5 Å². The van der Waals surface area contributed by atoms with Crippen LogP contribution in [0.5, 0.6) is 0 Å². The van der Waals surface area contributed by atoms with Gasteiger partial charge in [-0.3, -0.25) is 9.52 Å². The highest BCUT2D eigenvalue weighted by molar-refractivity contribution is 7.93. The summed E-state index contributed by atoms with van der Waals surface area (Å²) >= 11 is 0.404. The lowest BCUT2D eigenvalue weighted by molar-refractivity contribution is -0.193. The van der Waals surface area contributed by atoms with E-state index in [2.05, 4.69) is 9.72 Å². The number of thiazole rings is 1. The van der Waals surface area contributed by atoms with E-state index in [-0.39, 0.29) is 0 Å². The van der Waals surface area contributed by atoms with E-state index in [9.17, 15) is 44.8 Å². The Hall–Kier alpha value is -3.18. The molecule has 0 unspecified atom stereocenters. The van der Waals surface area contributed by atoms with E-state index in [1.54, 1.807) is 10.0 Å². The van der Waals surface area contributed by atoms with Crippen molar-refractivity contribution < 1.29 is 49.5 Å². The van der Waals surface area contributed by atoms with Crippen molar-refractivity contribution in [3.8, 4) is 0 Å². The van der Waals surface area contributed by atoms with Gasteiger partial charge in [0.15, 0.2) is 17.3 Å². The lowest BCUT2D eigenvalue weighted by Crippen LogP contribution is -2.28. The number of anilines is 2. The second-order valence-electron chi connectivity index (χ2n) is 5.32. The Morgan fingerprint density at radius 3 is 2.26 bits per heavy atom. The fourth-order valence-electron chi connectivity index (χ4n) is 1.85. The van der Waals surface area contributed by atoms with Gasteiger partial charge in [0.1, 0.15) is 10.7 Å². The zero-order valence-corrected chi connectivity index (χ0v) is 16.3. The molecule has 168 valence electrons. The maximum absolute atomic E-state index is 14.1. The molecular weight excluding hydrogens is 479 g/mol. The standard InChI is InChI=1S/C14H9F5N4O6S2/c15-6-1-5(2-7(16)9(6)22-8(24)3-20)31(27,28)23-11-10(21-4-30-11)12(25)29-13(26)14(17,18)19/h1-2,4,23H,3,20H2,(H,22,24). The Labute approximate surface area is 173 Å². The lowest BCUT2D eigenvalue weighted by atomic mass is 10.3. The third-order valence-corrected chi connectivity index (χ3v) is 5.38. The molecule has 17 heteroatoms. The molecule has 10 nitrogen and oxygen atoms in total. The minimum atomic E-state index is -5.50. The van der Waals surface area contributed by atoms with Crippen LogP contribution in [0.25, 0.3) is 0 Å². The molecular formula is C14H9F5N4O6S2. The summed E-state index contributed by atoms with van der Waals surface area (Å²) in [5.74, 6) is -8.71. The average molecular weight is 488 g/mol. The van der Waals surface area contributed by atoms with Gasteiger partial charge in [0.05, 0.1) is 17.0 Å². The van der Waals surface area contributed by atoms with Crippen LogP contribution in [0.4, 0.5) is 32.6 Å². The molecule has 2 rings (SSSR count). The van der Waals surface area contributed by atoms with Crippen molar-refractivity contribution in [3.63, 3.8) is 0 Å². The number of carbonyl (C=O) groups is 3. The number of hydrogen-bond donors (Lipinski definition) is 3. The SMILES string of the molecule is NCC(=O)Nc1c(F)cc(S(=O)(=O)Nc2scnc2C(=O)OC(=O)C(F)(F)F)cc1F. The molecule has 4 N–H and O–H groups in total. The smallest absolute Gasteiger partial charge is 0.381 e. The zero-order chi connectivity index (χ0) is 23.6. The molecule has 0 aliphatic rings. The number of aromatic nitrogens is 1. The minimum Gasteiger partial charge on any atom is -0.381 e. The monoisotopic (exact) mass is 488 g/mol. The topological polar surface area (TPSA) is 158 Å². The summed E-state index contributed by atoms with van der Waals surface area (Å²) in [6.45, 7) is -0.610. The van der Waals surface area contributed by atoms with Gasteiger partial charge in [-0.2, -0.15) is 13.2 Å². The number of nitrogens with two attached hydrogens (primary N) is 1. The van der Waals surface area contributed by atoms with E-state index >= 15 is 0 Å². The number of ether oxygens (including phenoxy) is 1. The van der Waals surface area contributed by atoms with Gasteiger partial charge in [-0.1, -0.05) is 0 Å². The first-order chi connectivity index (χ1) is 14.3. The Balaban J connectivity index is 2.30. The van der Waals surface area contributed by atoms with Crippen LogP contribution in [-0.2, 0) is 24.3 Å². The highest BCUT2D eigenvalue weighted by Crippen LogP contribution is 2.28. The van der Waals surface area contributed by atoms with E-state index in [0.717, 1.165) is 5.51 Å². The Morgan fingerprint density at radius 1 is 1.16 bits per heavy atom. The van der Waals surface area contributed by atoms with Gasteiger partial charge in [-0.05, 0) is 12.1 Å². The number of nitrogens with one attached hydrogen (secondary N) is 2. The summed E-state index contributed by atoms with van der Waals surface area (Å²) in [5.41, 5.74) is 3.86. The van der Waals surface area contributed by atoms with Gasteiger partial charge in [0.2, 0.25) is 5.91 Å². The van der Waals surface area contributed by atoms with Crippen LogP contribution in [-0.4, -0.2) is 44.0 Å². The molecule has 31 heavy (non-hydrogen) atoms. The Morgan fingerprint density at radius 2 is 1.74 bits per heavy atom. The summed E-state index contributed by atoms with van der Waals surface area (Å²) in [4.78, 5) is 35.9. The minimum absolute atomic E-state index is 0.323. The average Bonchev–Trinajstić information content (AvgIpc) is 3.10. The third kappa shape index (κ3) is 5.70. The maximum Gasteiger partial charge on any atom is 0.491 e. The summed E-state index contributed by atoms with van der Waals surface area (Å²) in [7, 11) is -4.80. The normalized spacial score (nSPS) is 11.7. The van der Waals surface area contributed by atoms with Gasteiger partial charge < -0.3 is 15.8 Å². The summed E-state index contributed by atoms with van der Waals surface area (Å²) in [6.07, 6.45) is -5.50. The number of nitrogens with zero attached hydrogens (tertiary/aromatic N) is 1. The third-order valence-electron chi connectivity index (χ3n) is 3.18. The molecule has 0 radical (unpaired) electrons. The molecule has 0 fully saturated rings. The highest BCUT2D eigenvalue weighted by Gasteiger charge is 2.43. The number of halogens is 5. The van der Waals surface area contributed by atoms with Crippen LogP contribution in [0.3, 0.4) is 0 Å². The molecule has 1 amide bonds. The first kappa shape index (κ1) is 24.1. The number of esters is 2. The van der Waals surface area contributed by atoms with E-state index < -0.39 is 73.5 Å². The second kappa shape index (κ2) is 8.90. The van der Waals surface area contributed by atoms with Crippen molar-refractivity contribution in [1.29, 1.82) is 0 Å². The summed E-state index contributed by atoms with van der Waals surface area (Å²) < 4.78 is 94.7. The second-order valence-corrected chi connectivity index (χ2v) is 7.86. The van der Waals surface area contributed by atoms with Crippen molar-refractivity contribution >= 4 is 49.9 Å². The Bertz CT molecular complexity index is 1130. The van der Waals surface area contributed by atoms with Gasteiger partial charge in [0, 0.05) is 0 Å². The highest BCUT2D eigenvalue weighted by atomic mass is 32.2. The molecule has 0 saturated heterocycles. The zero-order valence-electron chi connectivity index (χ0n) is 14.6. The fraction of sp³-hybridized carbons (Fsp3) is 0.143. The molecule has 0 aliphatic carbocycles. The molecule has 0 atom stereocenters. The predicted molar refractivity (Wildman–Crippen MR) is 93.4 cm³/mol. The van der Waals surface area contributed by atoms with Gasteiger partial charge >= 0.3 is 18.1 Å². The van der Waals surface area contributed by atoms with Gasteiger partial charge in [0.25, 0.3) is 10.0 Å². The Kier molecular flexibility index (Phi) is 6.92. The molecule has 0 saturated carbocycles. The maximum atomic E-state index is 14.1. The molecule has 1 aromatic heterocycles. The summed E-state index contributed by atoms with van der Waals surface area (Å²) in [5, 5.41) is 1.09. The van der Waals surface area contributed by atoms with Crippen molar-refractivity contribution in [2.24, 2.45) is 5.73 Å². The molecule has 0 bridgehead atoms. The molecule has 1 heterocycles. The molecule has 2 aromatic rings. The quantitative estimate of drug-likeness (QED) is 0.313. The lowest BCUT2D eigenvalue weighted by Gasteiger charge is -2.11. The fourth-order valence-corrected chi connectivity index (χ4v) is 3.86. The number of amides is 1. The van der Waals surface area contributed by atoms with E-state index in [1.807, 2.05) is 0 Å². The number of carbonyl (C=O) groups excluding carboxylic acids is 3. The molecule has 0 spiro atoms. The number of alkyl halides is 3. The number of sulfonamides is 1. The van der Waals surface area contributed by atoms with Crippen LogP contribution in [0.15, 0.2) is 22.5 Å². The first-order valence-electron chi connectivity index (χ1n) is 7.55. The van der Waals surface area contributed by atoms with E-state index in [4.69, 9.17) is 5.73 Å². The van der Waals surface area contributed by atoms with Crippen LogP contribution in [0.2, 0.25) is 0 Å². The van der Waals surface area contributed by atoms with E-state index in [1.165, 1.54) is 0 Å². The number of hydrogen-bond acceptors (Lipinski definition) is 9. The van der Waals surface area contributed by atoms with Gasteiger partial charge in [-0.15, -0.1) is 11.3 Å². The van der Waals surface area contributed by atoms with Crippen molar-refractivity contribution in [2.45, 2.75) is 11.1 Å².